The van der Waals surface area contributed by atoms with E-state index in [0.717, 1.165) is 32.9 Å². The fraction of sp³-hybridized carbons (Fsp3) is 0.250. The Hall–Kier alpha value is -2.78. The molecule has 1 amide bonds. The van der Waals surface area contributed by atoms with Crippen LogP contribution < -0.4 is 0 Å². The van der Waals surface area contributed by atoms with E-state index in [4.69, 9.17) is 0 Å². The molecule has 29 heavy (non-hydrogen) atoms. The lowest BCUT2D eigenvalue weighted by molar-refractivity contribution is 0.0693. The first-order chi connectivity index (χ1) is 13.8. The van der Waals surface area contributed by atoms with Gasteiger partial charge in [0.2, 0.25) is 10.0 Å². The van der Waals surface area contributed by atoms with Gasteiger partial charge in [-0.3, -0.25) is 4.79 Å². The van der Waals surface area contributed by atoms with Crippen molar-refractivity contribution in [2.24, 2.45) is 0 Å². The molecule has 4 rings (SSSR count). The SMILES string of the molecule is Cc1ccc2cc(C(=O)N3CCN(S(=O)(=O)c4cc(F)ccc4F)CC3)[nH]c2c1. The number of aromatic nitrogens is 1. The largest absolute Gasteiger partial charge is 0.351 e. The van der Waals surface area contributed by atoms with E-state index in [1.54, 1.807) is 11.0 Å². The fourth-order valence-electron chi connectivity index (χ4n) is 3.47. The predicted molar refractivity (Wildman–Crippen MR) is 104 cm³/mol. The molecule has 1 aromatic heterocycles. The number of aryl methyl sites for hydroxylation is 1. The van der Waals surface area contributed by atoms with Gasteiger partial charge in [0.05, 0.1) is 0 Å². The van der Waals surface area contributed by atoms with E-state index in [1.807, 2.05) is 25.1 Å². The molecule has 3 aromatic rings. The van der Waals surface area contributed by atoms with Gasteiger partial charge in [-0.25, -0.2) is 17.2 Å². The number of sulfonamides is 1. The maximum atomic E-state index is 13.9. The van der Waals surface area contributed by atoms with Gasteiger partial charge in [-0.2, -0.15) is 4.31 Å². The average molecular weight is 419 g/mol. The number of piperazine rings is 1. The van der Waals surface area contributed by atoms with Gasteiger partial charge in [0.15, 0.2) is 0 Å². The van der Waals surface area contributed by atoms with Crippen molar-refractivity contribution in [2.45, 2.75) is 11.8 Å². The molecule has 0 unspecified atom stereocenters. The number of nitrogens with zero attached hydrogens (tertiary/aromatic N) is 2. The van der Waals surface area contributed by atoms with E-state index in [2.05, 4.69) is 4.98 Å². The first-order valence-electron chi connectivity index (χ1n) is 9.09. The molecule has 1 aliphatic rings. The van der Waals surface area contributed by atoms with Crippen molar-refractivity contribution < 1.29 is 22.0 Å². The molecule has 1 saturated heterocycles. The number of benzene rings is 2. The van der Waals surface area contributed by atoms with Crippen LogP contribution in [0.1, 0.15) is 16.1 Å². The van der Waals surface area contributed by atoms with Crippen LogP contribution in [0.5, 0.6) is 0 Å². The van der Waals surface area contributed by atoms with Crippen LogP contribution in [0.3, 0.4) is 0 Å². The number of amides is 1. The van der Waals surface area contributed by atoms with Crippen molar-refractivity contribution in [1.82, 2.24) is 14.2 Å². The highest BCUT2D eigenvalue weighted by Gasteiger charge is 2.32. The summed E-state index contributed by atoms with van der Waals surface area (Å²) in [6.07, 6.45) is 0. The molecular formula is C20H19F2N3O3S. The van der Waals surface area contributed by atoms with E-state index in [-0.39, 0.29) is 32.1 Å². The Bertz CT molecular complexity index is 1200. The Morgan fingerprint density at radius 2 is 1.72 bits per heavy atom. The van der Waals surface area contributed by atoms with Crippen LogP contribution in [0.15, 0.2) is 47.4 Å². The van der Waals surface area contributed by atoms with Gasteiger partial charge in [-0.15, -0.1) is 0 Å². The summed E-state index contributed by atoms with van der Waals surface area (Å²) >= 11 is 0. The Balaban J connectivity index is 1.49. The highest BCUT2D eigenvalue weighted by Crippen LogP contribution is 2.23. The zero-order valence-corrected chi connectivity index (χ0v) is 16.5. The highest BCUT2D eigenvalue weighted by atomic mass is 32.2. The molecule has 152 valence electrons. The van der Waals surface area contributed by atoms with Crippen LogP contribution in [0, 0.1) is 18.6 Å². The maximum Gasteiger partial charge on any atom is 0.270 e. The van der Waals surface area contributed by atoms with Crippen LogP contribution in [-0.4, -0.2) is 54.7 Å². The lowest BCUT2D eigenvalue weighted by atomic mass is 10.2. The van der Waals surface area contributed by atoms with Gasteiger partial charge in [-0.1, -0.05) is 12.1 Å². The molecule has 1 fully saturated rings. The summed E-state index contributed by atoms with van der Waals surface area (Å²) in [7, 11) is -4.18. The van der Waals surface area contributed by atoms with E-state index in [0.29, 0.717) is 11.8 Å². The van der Waals surface area contributed by atoms with Gasteiger partial charge < -0.3 is 9.88 Å². The number of halogens is 2. The number of nitrogens with one attached hydrogen (secondary N) is 1. The number of hydrogen-bond acceptors (Lipinski definition) is 3. The zero-order chi connectivity index (χ0) is 20.8. The topological polar surface area (TPSA) is 73.5 Å². The summed E-state index contributed by atoms with van der Waals surface area (Å²) in [6.45, 7) is 2.28. The van der Waals surface area contributed by atoms with Crippen molar-refractivity contribution in [3.63, 3.8) is 0 Å². The van der Waals surface area contributed by atoms with E-state index >= 15 is 0 Å². The Labute approximate surface area is 166 Å². The van der Waals surface area contributed by atoms with Gasteiger partial charge in [0, 0.05) is 37.1 Å². The first-order valence-corrected chi connectivity index (χ1v) is 10.5. The standard InChI is InChI=1S/C20H19F2N3O3S/c1-13-2-3-14-11-18(23-17(14)10-13)20(26)24-6-8-25(9-7-24)29(27,28)19-12-15(21)4-5-16(19)22/h2-5,10-12,23H,6-9H2,1H3. The number of H-pyrrole nitrogens is 1. The number of carbonyl (C=O) groups is 1. The lowest BCUT2D eigenvalue weighted by Crippen LogP contribution is -2.50. The molecule has 2 heterocycles. The molecule has 0 radical (unpaired) electrons. The smallest absolute Gasteiger partial charge is 0.270 e. The second kappa shape index (κ2) is 7.23. The molecule has 0 spiro atoms. The molecular weight excluding hydrogens is 400 g/mol. The van der Waals surface area contributed by atoms with Gasteiger partial charge in [0.1, 0.15) is 22.2 Å². The summed E-state index contributed by atoms with van der Waals surface area (Å²) in [5, 5.41) is 0.918. The van der Waals surface area contributed by atoms with Gasteiger partial charge in [-0.05, 0) is 42.8 Å². The second-order valence-corrected chi connectivity index (χ2v) is 8.95. The van der Waals surface area contributed by atoms with Crippen molar-refractivity contribution >= 4 is 26.8 Å². The number of carbonyl (C=O) groups excluding carboxylic acids is 1. The summed E-state index contributed by atoms with van der Waals surface area (Å²) in [4.78, 5) is 16.8. The molecule has 2 aromatic carbocycles. The Morgan fingerprint density at radius 3 is 2.45 bits per heavy atom. The molecule has 0 atom stereocenters. The van der Waals surface area contributed by atoms with E-state index < -0.39 is 26.6 Å². The van der Waals surface area contributed by atoms with E-state index in [9.17, 15) is 22.0 Å². The number of rotatable bonds is 3. The minimum absolute atomic E-state index is 0.00334. The summed E-state index contributed by atoms with van der Waals surface area (Å²) in [5.41, 5.74) is 2.36. The third-order valence-electron chi connectivity index (χ3n) is 5.05. The van der Waals surface area contributed by atoms with Crippen LogP contribution in [0.4, 0.5) is 8.78 Å². The number of hydrogen-bond donors (Lipinski definition) is 1. The predicted octanol–water partition coefficient (Wildman–Crippen LogP) is 2.90. The maximum absolute atomic E-state index is 13.9. The third kappa shape index (κ3) is 3.63. The number of aromatic amines is 1. The van der Waals surface area contributed by atoms with Crippen LogP contribution in [0.2, 0.25) is 0 Å². The van der Waals surface area contributed by atoms with Gasteiger partial charge in [0.25, 0.3) is 5.91 Å². The fourth-order valence-corrected chi connectivity index (χ4v) is 4.97. The molecule has 6 nitrogen and oxygen atoms in total. The quantitative estimate of drug-likeness (QED) is 0.710. The summed E-state index contributed by atoms with van der Waals surface area (Å²) in [6, 6.07) is 9.93. The minimum atomic E-state index is -4.18. The molecule has 0 saturated carbocycles. The Kier molecular flexibility index (Phi) is 4.87. The monoisotopic (exact) mass is 419 g/mol. The first kappa shape index (κ1) is 19.5. The van der Waals surface area contributed by atoms with Crippen molar-refractivity contribution in [2.75, 3.05) is 26.2 Å². The average Bonchev–Trinajstić information content (AvgIpc) is 3.12. The Morgan fingerprint density at radius 1 is 1.00 bits per heavy atom. The third-order valence-corrected chi connectivity index (χ3v) is 6.96. The lowest BCUT2D eigenvalue weighted by Gasteiger charge is -2.33. The molecule has 1 aliphatic heterocycles. The van der Waals surface area contributed by atoms with Crippen molar-refractivity contribution in [3.05, 3.63) is 65.4 Å². The summed E-state index contributed by atoms with van der Waals surface area (Å²) < 4.78 is 53.7. The normalized spacial score (nSPS) is 15.8. The van der Waals surface area contributed by atoms with Crippen LogP contribution in [-0.2, 0) is 10.0 Å². The van der Waals surface area contributed by atoms with Crippen molar-refractivity contribution in [3.8, 4) is 0 Å². The second-order valence-electron chi connectivity index (χ2n) is 7.04. The van der Waals surface area contributed by atoms with Gasteiger partial charge >= 0.3 is 0 Å². The zero-order valence-electron chi connectivity index (χ0n) is 15.7. The summed E-state index contributed by atoms with van der Waals surface area (Å²) in [5.74, 6) is -2.06. The highest BCUT2D eigenvalue weighted by molar-refractivity contribution is 7.89. The molecule has 9 heteroatoms. The molecule has 0 aliphatic carbocycles. The van der Waals surface area contributed by atoms with Crippen molar-refractivity contribution in [1.29, 1.82) is 0 Å². The van der Waals surface area contributed by atoms with Crippen LogP contribution >= 0.6 is 0 Å². The minimum Gasteiger partial charge on any atom is -0.351 e. The molecule has 0 bridgehead atoms. The van der Waals surface area contributed by atoms with E-state index in [1.165, 1.54) is 0 Å². The molecule has 1 N–H and O–H groups in total. The van der Waals surface area contributed by atoms with Crippen LogP contribution in [0.25, 0.3) is 10.9 Å². The number of fused-ring (bicyclic) bond motifs is 1.